The highest BCUT2D eigenvalue weighted by atomic mass is 79.9. The van der Waals surface area contributed by atoms with Crippen LogP contribution in [0.2, 0.25) is 0 Å². The van der Waals surface area contributed by atoms with Crippen molar-refractivity contribution in [2.75, 3.05) is 24.5 Å². The Morgan fingerprint density at radius 2 is 2.35 bits per heavy atom. The van der Waals surface area contributed by atoms with Gasteiger partial charge >= 0.3 is 0 Å². The Bertz CT molecular complexity index is 394. The number of aromatic nitrogens is 1. The summed E-state index contributed by atoms with van der Waals surface area (Å²) in [6, 6.07) is 2.12. The van der Waals surface area contributed by atoms with Crippen molar-refractivity contribution < 1.29 is 0 Å². The van der Waals surface area contributed by atoms with E-state index in [1.165, 1.54) is 12.0 Å². The van der Waals surface area contributed by atoms with E-state index in [0.717, 1.165) is 35.8 Å². The fourth-order valence-electron chi connectivity index (χ4n) is 2.41. The summed E-state index contributed by atoms with van der Waals surface area (Å²) in [7, 11) is 0. The fourth-order valence-corrected chi connectivity index (χ4v) is 3.12. The normalized spacial score (nSPS) is 25.1. The van der Waals surface area contributed by atoms with E-state index < -0.39 is 0 Å². The Balaban J connectivity index is 2.17. The van der Waals surface area contributed by atoms with E-state index in [0.29, 0.717) is 5.92 Å². The van der Waals surface area contributed by atoms with Crippen molar-refractivity contribution in [3.05, 3.63) is 22.3 Å². The molecule has 4 heteroatoms. The van der Waals surface area contributed by atoms with Gasteiger partial charge in [0.2, 0.25) is 0 Å². The zero-order chi connectivity index (χ0) is 12.4. The summed E-state index contributed by atoms with van der Waals surface area (Å²) >= 11 is 3.60. The number of piperidine rings is 1. The second-order valence-electron chi connectivity index (χ2n) is 5.03. The van der Waals surface area contributed by atoms with Gasteiger partial charge in [0.05, 0.1) is 4.47 Å². The van der Waals surface area contributed by atoms with E-state index in [9.17, 15) is 0 Å². The summed E-state index contributed by atoms with van der Waals surface area (Å²) in [6.45, 7) is 7.22. The van der Waals surface area contributed by atoms with Crippen molar-refractivity contribution in [2.45, 2.75) is 20.3 Å². The van der Waals surface area contributed by atoms with Gasteiger partial charge in [-0.15, -0.1) is 0 Å². The molecule has 1 aromatic heterocycles. The highest BCUT2D eigenvalue weighted by Gasteiger charge is 2.26. The van der Waals surface area contributed by atoms with E-state index in [-0.39, 0.29) is 0 Å². The molecule has 1 aliphatic rings. The standard InChI is InChI=1S/C13H20BrN3/c1-9-5-12(14)13(16-7-9)17-4-3-10(2)11(6-15)8-17/h5,7,10-11H,3-4,6,8,15H2,1-2H3. The van der Waals surface area contributed by atoms with Gasteiger partial charge in [0, 0.05) is 19.3 Å². The molecule has 1 aromatic rings. The van der Waals surface area contributed by atoms with Gasteiger partial charge in [-0.3, -0.25) is 0 Å². The zero-order valence-corrected chi connectivity index (χ0v) is 12.1. The lowest BCUT2D eigenvalue weighted by molar-refractivity contribution is 0.306. The lowest BCUT2D eigenvalue weighted by Gasteiger charge is -2.37. The third kappa shape index (κ3) is 2.80. The molecule has 2 N–H and O–H groups in total. The number of nitrogens with two attached hydrogens (primary N) is 1. The van der Waals surface area contributed by atoms with Gasteiger partial charge in [0.1, 0.15) is 5.82 Å². The number of hydrogen-bond acceptors (Lipinski definition) is 3. The van der Waals surface area contributed by atoms with Crippen LogP contribution in [0.25, 0.3) is 0 Å². The van der Waals surface area contributed by atoms with Gasteiger partial charge in [0.15, 0.2) is 0 Å². The number of hydrogen-bond donors (Lipinski definition) is 1. The van der Waals surface area contributed by atoms with Gasteiger partial charge in [-0.1, -0.05) is 6.92 Å². The van der Waals surface area contributed by atoms with Gasteiger partial charge in [0.25, 0.3) is 0 Å². The van der Waals surface area contributed by atoms with E-state index in [4.69, 9.17) is 5.73 Å². The van der Waals surface area contributed by atoms with Crippen LogP contribution < -0.4 is 10.6 Å². The second-order valence-corrected chi connectivity index (χ2v) is 5.88. The Hall–Kier alpha value is -0.610. The minimum Gasteiger partial charge on any atom is -0.355 e. The van der Waals surface area contributed by atoms with Crippen LogP contribution in [-0.4, -0.2) is 24.6 Å². The number of nitrogens with zero attached hydrogens (tertiary/aromatic N) is 2. The number of anilines is 1. The molecule has 0 amide bonds. The number of aryl methyl sites for hydroxylation is 1. The summed E-state index contributed by atoms with van der Waals surface area (Å²) in [6.07, 6.45) is 3.12. The Labute approximate surface area is 112 Å². The summed E-state index contributed by atoms with van der Waals surface area (Å²) in [5.74, 6) is 2.36. The largest absolute Gasteiger partial charge is 0.355 e. The molecule has 1 aliphatic heterocycles. The molecule has 1 saturated heterocycles. The molecule has 0 spiro atoms. The Kier molecular flexibility index (Phi) is 4.05. The number of halogens is 1. The molecule has 1 fully saturated rings. The Morgan fingerprint density at radius 3 is 3.00 bits per heavy atom. The number of pyridine rings is 1. The first-order chi connectivity index (χ1) is 8.11. The minimum atomic E-state index is 0.582. The molecule has 2 atom stereocenters. The van der Waals surface area contributed by atoms with E-state index >= 15 is 0 Å². The molecule has 0 bridgehead atoms. The molecule has 0 saturated carbocycles. The van der Waals surface area contributed by atoms with Crippen molar-refractivity contribution in [3.63, 3.8) is 0 Å². The monoisotopic (exact) mass is 297 g/mol. The summed E-state index contributed by atoms with van der Waals surface area (Å²) < 4.78 is 1.09. The first kappa shape index (κ1) is 12.8. The molecule has 3 nitrogen and oxygen atoms in total. The second kappa shape index (κ2) is 5.36. The third-order valence-corrected chi connectivity index (χ3v) is 4.26. The first-order valence-electron chi connectivity index (χ1n) is 6.19. The smallest absolute Gasteiger partial charge is 0.142 e. The van der Waals surface area contributed by atoms with Crippen LogP contribution in [0.4, 0.5) is 5.82 Å². The van der Waals surface area contributed by atoms with Crippen LogP contribution >= 0.6 is 15.9 Å². The van der Waals surface area contributed by atoms with E-state index in [1.54, 1.807) is 0 Å². The summed E-state index contributed by atoms with van der Waals surface area (Å²) in [4.78, 5) is 6.88. The van der Waals surface area contributed by atoms with Crippen LogP contribution in [0.15, 0.2) is 16.7 Å². The molecule has 2 unspecified atom stereocenters. The molecule has 0 radical (unpaired) electrons. The maximum atomic E-state index is 5.84. The summed E-state index contributed by atoms with van der Waals surface area (Å²) in [5, 5.41) is 0. The minimum absolute atomic E-state index is 0.582. The lowest BCUT2D eigenvalue weighted by atomic mass is 9.87. The van der Waals surface area contributed by atoms with Crippen molar-refractivity contribution in [1.82, 2.24) is 4.98 Å². The molecule has 2 heterocycles. The third-order valence-electron chi connectivity index (χ3n) is 3.67. The van der Waals surface area contributed by atoms with Crippen molar-refractivity contribution >= 4 is 21.7 Å². The highest BCUT2D eigenvalue weighted by molar-refractivity contribution is 9.10. The quantitative estimate of drug-likeness (QED) is 0.912. The van der Waals surface area contributed by atoms with Gasteiger partial charge < -0.3 is 10.6 Å². The molecule has 94 valence electrons. The highest BCUT2D eigenvalue weighted by Crippen LogP contribution is 2.30. The van der Waals surface area contributed by atoms with Crippen molar-refractivity contribution in [1.29, 1.82) is 0 Å². The SMILES string of the molecule is Cc1cnc(N2CCC(C)C(CN)C2)c(Br)c1. The van der Waals surface area contributed by atoms with Crippen LogP contribution in [0.1, 0.15) is 18.9 Å². The molecular weight excluding hydrogens is 278 g/mol. The molecule has 0 aliphatic carbocycles. The van der Waals surface area contributed by atoms with Gasteiger partial charge in [-0.25, -0.2) is 4.98 Å². The number of rotatable bonds is 2. The maximum absolute atomic E-state index is 5.84. The van der Waals surface area contributed by atoms with E-state index in [2.05, 4.69) is 45.7 Å². The van der Waals surface area contributed by atoms with Crippen molar-refractivity contribution in [3.8, 4) is 0 Å². The molecule has 17 heavy (non-hydrogen) atoms. The predicted octanol–water partition coefficient (Wildman–Crippen LogP) is 2.57. The zero-order valence-electron chi connectivity index (χ0n) is 10.5. The molecular formula is C13H20BrN3. The van der Waals surface area contributed by atoms with Crippen LogP contribution in [0, 0.1) is 18.8 Å². The average molecular weight is 298 g/mol. The topological polar surface area (TPSA) is 42.2 Å². The fraction of sp³-hybridized carbons (Fsp3) is 0.615. The van der Waals surface area contributed by atoms with Gasteiger partial charge in [-0.05, 0) is 59.3 Å². The van der Waals surface area contributed by atoms with Crippen LogP contribution in [0.5, 0.6) is 0 Å². The van der Waals surface area contributed by atoms with Crippen LogP contribution in [0.3, 0.4) is 0 Å². The van der Waals surface area contributed by atoms with Gasteiger partial charge in [-0.2, -0.15) is 0 Å². The first-order valence-corrected chi connectivity index (χ1v) is 6.98. The average Bonchev–Trinajstić information content (AvgIpc) is 2.30. The van der Waals surface area contributed by atoms with Crippen molar-refractivity contribution in [2.24, 2.45) is 17.6 Å². The molecule has 0 aromatic carbocycles. The lowest BCUT2D eigenvalue weighted by Crippen LogP contribution is -2.43. The maximum Gasteiger partial charge on any atom is 0.142 e. The molecule has 2 rings (SSSR count). The van der Waals surface area contributed by atoms with Crippen LogP contribution in [-0.2, 0) is 0 Å². The van der Waals surface area contributed by atoms with E-state index in [1.807, 2.05) is 6.20 Å². The summed E-state index contributed by atoms with van der Waals surface area (Å²) in [5.41, 5.74) is 7.02. The Morgan fingerprint density at radius 1 is 1.59 bits per heavy atom. The predicted molar refractivity (Wildman–Crippen MR) is 75.2 cm³/mol.